The summed E-state index contributed by atoms with van der Waals surface area (Å²) in [5.41, 5.74) is 13.9. The molecule has 1 unspecified atom stereocenters. The van der Waals surface area contributed by atoms with E-state index in [9.17, 15) is 52.9 Å². The molecule has 0 bridgehead atoms. The summed E-state index contributed by atoms with van der Waals surface area (Å²) in [6, 6.07) is 98.0. The van der Waals surface area contributed by atoms with Crippen molar-refractivity contribution in [1.82, 2.24) is 37.5 Å². The molecule has 674 valence electrons. The molecule has 4 aliphatic rings. The van der Waals surface area contributed by atoms with Crippen molar-refractivity contribution in [2.75, 3.05) is 0 Å². The molecular weight excluding hydrogens is 1890 g/mol. The van der Waals surface area contributed by atoms with Crippen LogP contribution in [-0.4, -0.2) is 50.2 Å². The van der Waals surface area contributed by atoms with Crippen LogP contribution in [0.4, 0.5) is 22.7 Å². The predicted octanol–water partition coefficient (Wildman–Crippen LogP) is 26.5. The third-order valence-corrected chi connectivity index (χ3v) is 33.8. The number of fused-ring (bicyclic) bond motifs is 20. The maximum absolute atomic E-state index is 14.2. The molecule has 12 heterocycles. The van der Waals surface area contributed by atoms with Crippen LogP contribution in [-0.2, 0) is 20.6 Å². The van der Waals surface area contributed by atoms with Gasteiger partial charge in [-0.1, -0.05) is 170 Å². The first kappa shape index (κ1) is 83.2. The van der Waals surface area contributed by atoms with Crippen molar-refractivity contribution < 1.29 is 17.4 Å². The van der Waals surface area contributed by atoms with E-state index >= 15 is 0 Å². The van der Waals surface area contributed by atoms with Crippen molar-refractivity contribution in [3.63, 3.8) is 0 Å². The maximum Gasteiger partial charge on any atom is 0.264 e. The highest BCUT2D eigenvalue weighted by molar-refractivity contribution is 8.00. The van der Waals surface area contributed by atoms with Crippen molar-refractivity contribution in [3.05, 3.63) is 401 Å². The Labute approximate surface area is 831 Å². The van der Waals surface area contributed by atoms with E-state index in [2.05, 4.69) is 43.7 Å². The summed E-state index contributed by atoms with van der Waals surface area (Å²) >= 11 is 1.52. The Balaban J connectivity index is 0.0000000926. The summed E-state index contributed by atoms with van der Waals surface area (Å²) in [6.45, 7) is 31.8. The van der Waals surface area contributed by atoms with Gasteiger partial charge in [0.15, 0.2) is 9.84 Å². The molecule has 0 saturated heterocycles. The Morgan fingerprint density at radius 3 is 1.12 bits per heavy atom. The SMILES string of the molecule is [C-]#[N+]c1cc2c3c4c(c(C#N)cc3c(=O)n3c5cccc6cccc(nc23)c65)-c2ccccc2S(=O)(=O)c14.[C-]#[N+]c1cc2c3c4c(c(C#N)cc3c(=O)n3c5cccc6cccc(nc23)c65)-c2ccccc2S(=O)c14.[C-]#[N+]c1cc2c3c4c1Oc1ccccc1-c4c(C#N)cc3c(=O)n1c3cccc4cccc(nc21)c43.[C-]#[N+]c1cc2c3c4c1Sc1ccccc1-c4c(C#N)cc3c(=O)n1c3cccc4cccc(nc21)c43. The van der Waals surface area contributed by atoms with Gasteiger partial charge in [0.05, 0.1) is 169 Å². The quantitative estimate of drug-likeness (QED) is 0.0773. The lowest BCUT2D eigenvalue weighted by Gasteiger charge is -2.25. The second-order valence-electron chi connectivity index (χ2n) is 36.2. The fourth-order valence-electron chi connectivity index (χ4n) is 23.4. The van der Waals surface area contributed by atoms with Crippen LogP contribution in [0.1, 0.15) is 22.3 Å². The number of pyridine rings is 4. The summed E-state index contributed by atoms with van der Waals surface area (Å²) in [5, 5.41) is 56.6. The van der Waals surface area contributed by atoms with E-state index in [0.717, 1.165) is 113 Å². The first-order chi connectivity index (χ1) is 71.9. The lowest BCUT2D eigenvalue weighted by atomic mass is 9.87. The highest BCUT2D eigenvalue weighted by Gasteiger charge is 2.40. The van der Waals surface area contributed by atoms with E-state index in [-0.39, 0.29) is 54.2 Å². The van der Waals surface area contributed by atoms with Crippen LogP contribution in [0, 0.1) is 71.6 Å². The second kappa shape index (κ2) is 29.9. The summed E-state index contributed by atoms with van der Waals surface area (Å²) in [5.74, 6) is 0.949. The molecule has 27 heteroatoms. The van der Waals surface area contributed by atoms with Crippen LogP contribution in [0.3, 0.4) is 0 Å². The van der Waals surface area contributed by atoms with E-state index in [1.165, 1.54) is 34.4 Å². The smallest absolute Gasteiger partial charge is 0.264 e. The Morgan fingerprint density at radius 2 is 0.673 bits per heavy atom. The number of benzene rings is 20. The van der Waals surface area contributed by atoms with Crippen LogP contribution in [0.5, 0.6) is 11.5 Å². The van der Waals surface area contributed by atoms with Gasteiger partial charge in [0.1, 0.15) is 34.1 Å². The second-order valence-corrected chi connectivity index (χ2v) is 40.5. The van der Waals surface area contributed by atoms with Gasteiger partial charge in [-0.25, -0.2) is 47.7 Å². The van der Waals surface area contributed by atoms with Crippen LogP contribution in [0.25, 0.3) is 260 Å². The molecular formula is C120H48N16O8S3. The molecule has 147 heavy (non-hydrogen) atoms. The molecule has 0 radical (unpaired) electrons. The normalized spacial score (nSPS) is 13.2. The number of sulfone groups is 1. The van der Waals surface area contributed by atoms with Crippen LogP contribution in [0.2, 0.25) is 0 Å². The van der Waals surface area contributed by atoms with Gasteiger partial charge < -0.3 is 4.74 Å². The number of hydrogen-bond donors (Lipinski definition) is 0. The van der Waals surface area contributed by atoms with Gasteiger partial charge in [-0.2, -0.15) is 21.0 Å². The van der Waals surface area contributed by atoms with Gasteiger partial charge >= 0.3 is 0 Å². The average molecular weight is 1940 g/mol. The summed E-state index contributed by atoms with van der Waals surface area (Å²) in [4.78, 5) is 93.9. The fraction of sp³-hybridized carbons (Fsp3) is 0. The van der Waals surface area contributed by atoms with Gasteiger partial charge in [-0.3, -0.25) is 41.0 Å². The van der Waals surface area contributed by atoms with Gasteiger partial charge in [0, 0.05) is 124 Å². The molecule has 4 aliphatic heterocycles. The number of nitriles is 4. The largest absolute Gasteiger partial charge is 0.467 e. The molecule has 0 spiro atoms. The average Bonchev–Trinajstić information content (AvgIpc) is 0.690. The predicted molar refractivity (Wildman–Crippen MR) is 571 cm³/mol. The van der Waals surface area contributed by atoms with Crippen LogP contribution >= 0.6 is 11.8 Å². The van der Waals surface area contributed by atoms with Crippen LogP contribution in [0.15, 0.2) is 340 Å². The zero-order valence-corrected chi connectivity index (χ0v) is 77.8. The highest BCUT2D eigenvalue weighted by Crippen LogP contribution is 2.60. The molecule has 1 atom stereocenters. The zero-order chi connectivity index (χ0) is 99.2. The number of aromatic nitrogens is 8. The fourth-order valence-corrected chi connectivity index (χ4v) is 27.8. The minimum Gasteiger partial charge on any atom is -0.467 e. The topological polar surface area (TPSA) is 311 Å². The first-order valence-corrected chi connectivity index (χ1v) is 49.4. The number of para-hydroxylation sites is 1. The van der Waals surface area contributed by atoms with E-state index < -0.39 is 26.2 Å². The van der Waals surface area contributed by atoms with Gasteiger partial charge in [0.25, 0.3) is 22.2 Å². The van der Waals surface area contributed by atoms with E-state index in [1.807, 2.05) is 212 Å². The molecule has 0 N–H and O–H groups in total. The standard InChI is InChI=1S/C30H12N4O3S.C30H12N4O2S.C30H12N4O2.C30H12N4OS/c1-32-21-13-18-26-19(30(35)34-22-10-5-7-15-6-4-9-20(25(15)22)33-29(18)34)12-16(14-31)24-17-8-2-3-11-23(17)38(36,37)28(21)27(24)26;1-32-21-13-18-26-19(12-16(14-31)24-17-8-2-3-11-23(17)37(36)28(21)27(24)26)30(35)34-22-10-5-7-15-6-4-9-20(25(15)22)33-29(18)34;2*1-32-21-13-18-26-19(12-16(14-31)24-17-8-2-3-11-23(17)36-28(21)27(24)26)30(35)34-22-10-5-7-15-6-4-9-20(25(15)22)33-29(18)34/h2-13H;2-13H;2*2-13H. The molecule has 0 amide bonds. The van der Waals surface area contributed by atoms with Crippen molar-refractivity contribution in [2.45, 2.75) is 29.4 Å². The minimum atomic E-state index is -4.11. The van der Waals surface area contributed by atoms with Crippen molar-refractivity contribution >= 4 is 251 Å². The summed E-state index contributed by atoms with van der Waals surface area (Å²) in [7, 11) is -5.76. The van der Waals surface area contributed by atoms with Crippen LogP contribution < -0.4 is 27.0 Å². The van der Waals surface area contributed by atoms with Crippen molar-refractivity contribution in [1.29, 1.82) is 21.0 Å². The molecule has 8 aromatic heterocycles. The molecule has 24 nitrogen and oxygen atoms in total. The van der Waals surface area contributed by atoms with E-state index in [0.29, 0.717) is 176 Å². The molecule has 20 aromatic carbocycles. The maximum atomic E-state index is 14.2. The summed E-state index contributed by atoms with van der Waals surface area (Å²) < 4.78 is 54.2. The molecule has 28 aromatic rings. The number of hydrogen-bond acceptors (Lipinski definition) is 17. The third kappa shape index (κ3) is 10.8. The van der Waals surface area contributed by atoms with E-state index in [4.69, 9.17) is 51.0 Å². The van der Waals surface area contributed by atoms with Gasteiger partial charge in [0.2, 0.25) is 22.7 Å². The molecule has 0 aliphatic carbocycles. The summed E-state index contributed by atoms with van der Waals surface area (Å²) in [6.07, 6.45) is 0. The Kier molecular flexibility index (Phi) is 16.9. The Hall–Kier alpha value is -20.8. The van der Waals surface area contributed by atoms with Gasteiger partial charge in [-0.15, -0.1) is 11.8 Å². The number of nitrogens with zero attached hydrogens (tertiary/aromatic N) is 16. The zero-order valence-electron chi connectivity index (χ0n) is 75.4. The Bertz CT molecular complexity index is 11800. The monoisotopic (exact) mass is 1940 g/mol. The van der Waals surface area contributed by atoms with Crippen molar-refractivity contribution in [3.8, 4) is 80.3 Å². The molecule has 0 fully saturated rings. The first-order valence-electron chi connectivity index (χ1n) is 46.0. The number of ether oxygens (including phenoxy) is 1. The van der Waals surface area contributed by atoms with Crippen molar-refractivity contribution in [2.24, 2.45) is 0 Å². The highest BCUT2D eigenvalue weighted by atomic mass is 32.2. The number of rotatable bonds is 0. The van der Waals surface area contributed by atoms with Gasteiger partial charge in [-0.05, 0) is 159 Å². The molecule has 32 rings (SSSR count). The third-order valence-electron chi connectivity index (χ3n) is 29.2. The molecule has 0 saturated carbocycles. The Morgan fingerprint density at radius 1 is 0.327 bits per heavy atom. The minimum absolute atomic E-state index is 0.0383. The lowest BCUT2D eigenvalue weighted by Crippen LogP contribution is -2.19. The van der Waals surface area contributed by atoms with E-state index in [1.54, 1.807) is 73.9 Å². The lowest BCUT2D eigenvalue weighted by molar-refractivity contribution is 0.490.